The van der Waals surface area contributed by atoms with Gasteiger partial charge in [-0.3, -0.25) is 0 Å². The summed E-state index contributed by atoms with van der Waals surface area (Å²) in [5.41, 5.74) is 12.9. The van der Waals surface area contributed by atoms with Gasteiger partial charge in [0, 0.05) is 6.04 Å². The third kappa shape index (κ3) is 3.30. The van der Waals surface area contributed by atoms with Crippen LogP contribution >= 0.6 is 0 Å². The van der Waals surface area contributed by atoms with Crippen LogP contribution in [0.15, 0.2) is 72.3 Å². The quantitative estimate of drug-likeness (QED) is 0.766. The molecule has 0 aliphatic heterocycles. The molecule has 0 saturated heterocycles. The van der Waals surface area contributed by atoms with Gasteiger partial charge in [-0.2, -0.15) is 0 Å². The van der Waals surface area contributed by atoms with Gasteiger partial charge < -0.3 is 5.73 Å². The molecular weight excluding hydrogens is 278 g/mol. The first-order valence-electron chi connectivity index (χ1n) is 8.41. The lowest BCUT2D eigenvalue weighted by Gasteiger charge is -2.22. The molecule has 23 heavy (non-hydrogen) atoms. The zero-order valence-electron chi connectivity index (χ0n) is 14.2. The van der Waals surface area contributed by atoms with Crippen molar-refractivity contribution in [2.75, 3.05) is 0 Å². The molecule has 1 heteroatoms. The third-order valence-corrected chi connectivity index (χ3v) is 4.66. The summed E-state index contributed by atoms with van der Waals surface area (Å²) in [4.78, 5) is 0. The summed E-state index contributed by atoms with van der Waals surface area (Å²) in [7, 11) is 0. The number of hydrogen-bond donors (Lipinski definition) is 1. The minimum absolute atomic E-state index is 0.0570. The predicted molar refractivity (Wildman–Crippen MR) is 99.3 cm³/mol. The Bertz CT molecular complexity index is 738. The smallest absolute Gasteiger partial charge is 0.0490 e. The van der Waals surface area contributed by atoms with Crippen LogP contribution in [0.1, 0.15) is 43.9 Å². The molecule has 0 saturated carbocycles. The van der Waals surface area contributed by atoms with Crippen LogP contribution in [0.5, 0.6) is 0 Å². The van der Waals surface area contributed by atoms with Gasteiger partial charge in [0.15, 0.2) is 0 Å². The Morgan fingerprint density at radius 1 is 0.913 bits per heavy atom. The van der Waals surface area contributed by atoms with E-state index < -0.39 is 0 Å². The summed E-state index contributed by atoms with van der Waals surface area (Å²) in [6.07, 6.45) is 6.74. The maximum Gasteiger partial charge on any atom is 0.0490 e. The lowest BCUT2D eigenvalue weighted by molar-refractivity contribution is 0.755. The molecule has 1 unspecified atom stereocenters. The second-order valence-corrected chi connectivity index (χ2v) is 6.70. The average Bonchev–Trinajstić information content (AvgIpc) is 2.57. The largest absolute Gasteiger partial charge is 0.321 e. The van der Waals surface area contributed by atoms with E-state index in [1.165, 1.54) is 27.8 Å². The van der Waals surface area contributed by atoms with Crippen molar-refractivity contribution < 1.29 is 0 Å². The minimum Gasteiger partial charge on any atom is -0.321 e. The fourth-order valence-corrected chi connectivity index (χ4v) is 3.18. The van der Waals surface area contributed by atoms with Gasteiger partial charge in [-0.05, 0) is 45.7 Å². The van der Waals surface area contributed by atoms with Crippen molar-refractivity contribution in [3.05, 3.63) is 83.5 Å². The summed E-state index contributed by atoms with van der Waals surface area (Å²) >= 11 is 0. The number of benzene rings is 2. The van der Waals surface area contributed by atoms with Gasteiger partial charge in [0.2, 0.25) is 0 Å². The predicted octanol–water partition coefficient (Wildman–Crippen LogP) is 5.61. The second-order valence-electron chi connectivity index (χ2n) is 6.70. The van der Waals surface area contributed by atoms with Gasteiger partial charge in [0.1, 0.15) is 0 Å². The molecule has 0 aromatic heterocycles. The standard InChI is InChI=1S/C22H25N/c1-15(2)18-10-9-16(3)20-12-11-19(13-21(20)22(23)14-18)17-7-5-4-6-8-17/h4-16,22H,23H2,1-3H3/t16-,22?/m0/s1. The van der Waals surface area contributed by atoms with Crippen LogP contribution in [-0.2, 0) is 0 Å². The van der Waals surface area contributed by atoms with E-state index in [-0.39, 0.29) is 6.04 Å². The molecule has 0 heterocycles. The molecule has 2 aromatic rings. The van der Waals surface area contributed by atoms with E-state index in [9.17, 15) is 0 Å². The van der Waals surface area contributed by atoms with Crippen LogP contribution < -0.4 is 5.73 Å². The molecule has 3 rings (SSSR count). The van der Waals surface area contributed by atoms with Crippen molar-refractivity contribution in [1.29, 1.82) is 0 Å². The number of fused-ring (bicyclic) bond motifs is 1. The SMILES string of the molecule is CC(C)C1=CC(N)c2cc(-c3ccccc3)ccc2[C@@H](C)C=C1. The van der Waals surface area contributed by atoms with E-state index in [0.29, 0.717) is 11.8 Å². The normalized spacial score (nSPS) is 20.7. The monoisotopic (exact) mass is 303 g/mol. The van der Waals surface area contributed by atoms with Crippen LogP contribution in [0.25, 0.3) is 11.1 Å². The minimum atomic E-state index is -0.0570. The fraction of sp³-hybridized carbons (Fsp3) is 0.273. The van der Waals surface area contributed by atoms with E-state index in [1.54, 1.807) is 0 Å². The van der Waals surface area contributed by atoms with Crippen LogP contribution in [0.2, 0.25) is 0 Å². The van der Waals surface area contributed by atoms with Gasteiger partial charge in [-0.15, -0.1) is 0 Å². The van der Waals surface area contributed by atoms with Gasteiger partial charge in [-0.1, -0.05) is 81.5 Å². The number of nitrogens with two attached hydrogens (primary N) is 1. The highest BCUT2D eigenvalue weighted by atomic mass is 14.6. The zero-order chi connectivity index (χ0) is 16.4. The molecule has 0 spiro atoms. The molecule has 1 aliphatic carbocycles. The second kappa shape index (κ2) is 6.55. The van der Waals surface area contributed by atoms with E-state index in [2.05, 4.69) is 81.5 Å². The van der Waals surface area contributed by atoms with Crippen molar-refractivity contribution in [2.24, 2.45) is 11.7 Å². The number of allylic oxidation sites excluding steroid dienone is 3. The Morgan fingerprint density at radius 2 is 1.65 bits per heavy atom. The topological polar surface area (TPSA) is 26.0 Å². The Hall–Kier alpha value is -2.12. The molecule has 0 bridgehead atoms. The lowest BCUT2D eigenvalue weighted by Crippen LogP contribution is -2.14. The molecule has 1 aliphatic rings. The van der Waals surface area contributed by atoms with E-state index in [4.69, 9.17) is 5.73 Å². The Kier molecular flexibility index (Phi) is 4.49. The van der Waals surface area contributed by atoms with Crippen molar-refractivity contribution in [3.8, 4) is 11.1 Å². The van der Waals surface area contributed by atoms with Crippen molar-refractivity contribution in [2.45, 2.75) is 32.7 Å². The zero-order valence-corrected chi connectivity index (χ0v) is 14.2. The van der Waals surface area contributed by atoms with Gasteiger partial charge >= 0.3 is 0 Å². The number of rotatable bonds is 2. The van der Waals surface area contributed by atoms with Gasteiger partial charge in [0.05, 0.1) is 0 Å². The molecule has 0 amide bonds. The first kappa shape index (κ1) is 15.8. The van der Waals surface area contributed by atoms with E-state index in [1.807, 2.05) is 6.07 Å². The molecule has 2 N–H and O–H groups in total. The highest BCUT2D eigenvalue weighted by Crippen LogP contribution is 2.33. The van der Waals surface area contributed by atoms with Crippen molar-refractivity contribution in [3.63, 3.8) is 0 Å². The lowest BCUT2D eigenvalue weighted by atomic mass is 9.85. The summed E-state index contributed by atoms with van der Waals surface area (Å²) in [5, 5.41) is 0. The van der Waals surface area contributed by atoms with Crippen molar-refractivity contribution in [1.82, 2.24) is 0 Å². The molecule has 118 valence electrons. The Balaban J connectivity index is 2.10. The van der Waals surface area contributed by atoms with Gasteiger partial charge in [-0.25, -0.2) is 0 Å². The van der Waals surface area contributed by atoms with Crippen molar-refractivity contribution >= 4 is 0 Å². The molecule has 0 radical (unpaired) electrons. The Morgan fingerprint density at radius 3 is 2.35 bits per heavy atom. The maximum atomic E-state index is 6.54. The van der Waals surface area contributed by atoms with E-state index >= 15 is 0 Å². The molecular formula is C22H25N. The summed E-state index contributed by atoms with van der Waals surface area (Å²) in [5.74, 6) is 0.867. The van der Waals surface area contributed by atoms with Crippen LogP contribution in [0.3, 0.4) is 0 Å². The third-order valence-electron chi connectivity index (χ3n) is 4.66. The van der Waals surface area contributed by atoms with Crippen LogP contribution in [0.4, 0.5) is 0 Å². The first-order chi connectivity index (χ1) is 11.1. The number of hydrogen-bond acceptors (Lipinski definition) is 1. The molecule has 2 aromatic carbocycles. The maximum absolute atomic E-state index is 6.54. The highest BCUT2D eigenvalue weighted by molar-refractivity contribution is 5.65. The highest BCUT2D eigenvalue weighted by Gasteiger charge is 2.17. The van der Waals surface area contributed by atoms with Crippen LogP contribution in [-0.4, -0.2) is 0 Å². The van der Waals surface area contributed by atoms with Gasteiger partial charge in [0.25, 0.3) is 0 Å². The fourth-order valence-electron chi connectivity index (χ4n) is 3.18. The Labute approximate surface area is 139 Å². The van der Waals surface area contributed by atoms with E-state index in [0.717, 1.165) is 0 Å². The average molecular weight is 303 g/mol. The first-order valence-corrected chi connectivity index (χ1v) is 8.41. The molecule has 1 nitrogen and oxygen atoms in total. The summed E-state index contributed by atoms with van der Waals surface area (Å²) < 4.78 is 0. The molecule has 2 atom stereocenters. The molecule has 0 fully saturated rings. The summed E-state index contributed by atoms with van der Waals surface area (Å²) in [6, 6.07) is 17.2. The van der Waals surface area contributed by atoms with Crippen LogP contribution in [0, 0.1) is 5.92 Å². The summed E-state index contributed by atoms with van der Waals surface area (Å²) in [6.45, 7) is 6.68.